The zero-order valence-corrected chi connectivity index (χ0v) is 29.0. The highest BCUT2D eigenvalue weighted by molar-refractivity contribution is 7.53. The fourth-order valence-corrected chi connectivity index (χ4v) is 7.15. The Morgan fingerprint density at radius 3 is 2.09 bits per heavy atom. The van der Waals surface area contributed by atoms with Crippen LogP contribution in [0.15, 0.2) is 55.8 Å². The molecule has 0 bridgehead atoms. The van der Waals surface area contributed by atoms with Crippen LogP contribution in [0.4, 0.5) is 10.5 Å². The van der Waals surface area contributed by atoms with Crippen molar-refractivity contribution in [3.8, 4) is 0 Å². The van der Waals surface area contributed by atoms with Crippen molar-refractivity contribution < 1.29 is 37.2 Å². The first-order valence-electron chi connectivity index (χ1n) is 15.1. The SMILES string of the molecule is CCOP(=O)(Cc1cc(=O)oc2cc(NC(=O)N(C)CCN(C)C(=O)CC(C)(C)C3=C(C)C(=O)C(C)=C(C)C3=O)ccc12)OCC. The van der Waals surface area contributed by atoms with E-state index >= 15 is 0 Å². The van der Waals surface area contributed by atoms with Crippen LogP contribution in [-0.4, -0.2) is 73.7 Å². The van der Waals surface area contributed by atoms with Crippen LogP contribution in [0.1, 0.15) is 60.5 Å². The van der Waals surface area contributed by atoms with Gasteiger partial charge in [0.1, 0.15) is 5.58 Å². The van der Waals surface area contributed by atoms with Crippen LogP contribution in [0, 0.1) is 5.41 Å². The molecule has 0 spiro atoms. The van der Waals surface area contributed by atoms with E-state index in [1.165, 1.54) is 21.9 Å². The summed E-state index contributed by atoms with van der Waals surface area (Å²) < 4.78 is 29.2. The van der Waals surface area contributed by atoms with Gasteiger partial charge in [0.2, 0.25) is 5.91 Å². The monoisotopic (exact) mass is 657 g/mol. The number of nitrogens with zero attached hydrogens (tertiary/aromatic N) is 2. The van der Waals surface area contributed by atoms with E-state index in [0.29, 0.717) is 38.9 Å². The molecular weight excluding hydrogens is 613 g/mol. The van der Waals surface area contributed by atoms with Gasteiger partial charge in [-0.3, -0.25) is 18.9 Å². The zero-order chi connectivity index (χ0) is 34.6. The highest BCUT2D eigenvalue weighted by Crippen LogP contribution is 2.52. The molecule has 3 rings (SSSR count). The first-order chi connectivity index (χ1) is 21.4. The molecule has 0 fully saturated rings. The highest BCUT2D eigenvalue weighted by atomic mass is 31.2. The number of carbonyl (C=O) groups excluding carboxylic acids is 4. The number of nitrogens with one attached hydrogen (secondary N) is 1. The van der Waals surface area contributed by atoms with Crippen molar-refractivity contribution in [2.45, 2.75) is 61.0 Å². The lowest BCUT2D eigenvalue weighted by Crippen LogP contribution is -2.41. The number of hydrogen-bond donors (Lipinski definition) is 1. The maximum atomic E-state index is 13.2. The minimum atomic E-state index is -3.49. The van der Waals surface area contributed by atoms with Crippen molar-refractivity contribution in [1.82, 2.24) is 9.80 Å². The molecule has 46 heavy (non-hydrogen) atoms. The maximum Gasteiger partial charge on any atom is 0.336 e. The third-order valence-electron chi connectivity index (χ3n) is 8.10. The molecule has 0 saturated carbocycles. The predicted molar refractivity (Wildman–Crippen MR) is 176 cm³/mol. The molecule has 1 aliphatic rings. The number of rotatable bonds is 13. The van der Waals surface area contributed by atoms with Crippen LogP contribution in [0.5, 0.6) is 0 Å². The molecular formula is C33H44N3O9P. The van der Waals surface area contributed by atoms with E-state index in [1.807, 2.05) is 0 Å². The van der Waals surface area contributed by atoms with Crippen molar-refractivity contribution in [1.29, 1.82) is 0 Å². The summed E-state index contributed by atoms with van der Waals surface area (Å²) >= 11 is 0. The lowest BCUT2D eigenvalue weighted by Gasteiger charge is -2.33. The van der Waals surface area contributed by atoms with Crippen molar-refractivity contribution in [3.63, 3.8) is 0 Å². The Labute approximate surface area is 269 Å². The number of fused-ring (bicyclic) bond motifs is 1. The largest absolute Gasteiger partial charge is 0.423 e. The van der Waals surface area contributed by atoms with E-state index in [0.717, 1.165) is 0 Å². The summed E-state index contributed by atoms with van der Waals surface area (Å²) in [6, 6.07) is 5.58. The zero-order valence-electron chi connectivity index (χ0n) is 28.1. The predicted octanol–water partition coefficient (Wildman–Crippen LogP) is 5.70. The average Bonchev–Trinajstić information content (AvgIpc) is 2.97. The molecule has 0 atom stereocenters. The normalized spacial score (nSPS) is 14.3. The van der Waals surface area contributed by atoms with Crippen LogP contribution in [0.2, 0.25) is 0 Å². The van der Waals surface area contributed by atoms with Crippen LogP contribution in [-0.2, 0) is 34.2 Å². The van der Waals surface area contributed by atoms with Crippen LogP contribution in [0.25, 0.3) is 11.0 Å². The second-order valence-electron chi connectivity index (χ2n) is 12.0. The van der Waals surface area contributed by atoms with Gasteiger partial charge in [0.15, 0.2) is 11.6 Å². The standard InChI is InChI=1S/C33H44N3O9P/c1-10-43-46(42,44-11-2)19-23-16-28(38)45-26-17-24(12-13-25(23)26)34-32(41)36(9)15-14-35(8)27(37)18-33(6,7)29-22(5)30(39)20(3)21(4)31(29)40/h12-13,16-17H,10-11,14-15,18-19H2,1-9H3,(H,34,41). The lowest BCUT2D eigenvalue weighted by molar-refractivity contribution is -0.131. The molecule has 0 saturated heterocycles. The second kappa shape index (κ2) is 14.7. The molecule has 1 N–H and O–H groups in total. The van der Waals surface area contributed by atoms with E-state index < -0.39 is 24.7 Å². The minimum absolute atomic E-state index is 0.00626. The van der Waals surface area contributed by atoms with Gasteiger partial charge in [-0.25, -0.2) is 9.59 Å². The minimum Gasteiger partial charge on any atom is -0.423 e. The first-order valence-corrected chi connectivity index (χ1v) is 16.9. The maximum absolute atomic E-state index is 13.2. The number of Topliss-reactive ketones (excluding diaryl/α,β-unsaturated/α-hetero) is 2. The summed E-state index contributed by atoms with van der Waals surface area (Å²) in [5.41, 5.74) is 1.03. The molecule has 12 nitrogen and oxygen atoms in total. The summed E-state index contributed by atoms with van der Waals surface area (Å²) in [5, 5.41) is 3.28. The van der Waals surface area contributed by atoms with Gasteiger partial charge in [0.25, 0.3) is 0 Å². The fraction of sp³-hybridized carbons (Fsp3) is 0.485. The summed E-state index contributed by atoms with van der Waals surface area (Å²) in [7, 11) is -0.290. The molecule has 1 aromatic carbocycles. The van der Waals surface area contributed by atoms with Gasteiger partial charge in [-0.2, -0.15) is 0 Å². The number of allylic oxidation sites excluding steroid dienone is 4. The van der Waals surface area contributed by atoms with Crippen molar-refractivity contribution in [2.24, 2.45) is 5.41 Å². The number of ketones is 2. The highest BCUT2D eigenvalue weighted by Gasteiger charge is 2.39. The summed E-state index contributed by atoms with van der Waals surface area (Å²) in [6.45, 7) is 12.6. The molecule has 1 heterocycles. The molecule has 3 amide bonds. The average molecular weight is 658 g/mol. The van der Waals surface area contributed by atoms with Gasteiger partial charge in [-0.1, -0.05) is 13.8 Å². The summed E-state index contributed by atoms with van der Waals surface area (Å²) in [6.07, 6.45) is -0.108. The van der Waals surface area contributed by atoms with Gasteiger partial charge in [0, 0.05) is 84.5 Å². The summed E-state index contributed by atoms with van der Waals surface area (Å²) in [5.74, 6) is -0.634. The van der Waals surface area contributed by atoms with Gasteiger partial charge in [0.05, 0.1) is 19.4 Å². The van der Waals surface area contributed by atoms with Crippen molar-refractivity contribution in [2.75, 3.05) is 45.7 Å². The lowest BCUT2D eigenvalue weighted by atomic mass is 9.71. The Bertz CT molecular complexity index is 1710. The second-order valence-corrected chi connectivity index (χ2v) is 14.1. The quantitative estimate of drug-likeness (QED) is 0.162. The Morgan fingerprint density at radius 1 is 0.891 bits per heavy atom. The molecule has 1 aliphatic carbocycles. The number of carbonyl (C=O) groups is 4. The third kappa shape index (κ3) is 8.29. The van der Waals surface area contributed by atoms with E-state index in [-0.39, 0.29) is 61.9 Å². The topological polar surface area (TPSA) is 153 Å². The number of likely N-dealkylation sites (N-methyl/N-ethyl adjacent to an activating group) is 2. The van der Waals surface area contributed by atoms with Crippen molar-refractivity contribution in [3.05, 3.63) is 62.5 Å². The molecule has 13 heteroatoms. The molecule has 0 unspecified atom stereocenters. The number of amides is 3. The van der Waals surface area contributed by atoms with Gasteiger partial charge < -0.3 is 28.6 Å². The van der Waals surface area contributed by atoms with Crippen LogP contribution < -0.4 is 10.9 Å². The molecule has 0 aliphatic heterocycles. The number of hydrogen-bond acceptors (Lipinski definition) is 9. The Hall–Kier alpha value is -3.86. The van der Waals surface area contributed by atoms with Gasteiger partial charge in [-0.15, -0.1) is 0 Å². The Morgan fingerprint density at radius 2 is 1.48 bits per heavy atom. The molecule has 250 valence electrons. The van der Waals surface area contributed by atoms with Crippen LogP contribution >= 0.6 is 7.60 Å². The van der Waals surface area contributed by atoms with E-state index in [1.54, 1.807) is 74.7 Å². The molecule has 0 radical (unpaired) electrons. The van der Waals surface area contributed by atoms with Crippen LogP contribution in [0.3, 0.4) is 0 Å². The van der Waals surface area contributed by atoms with E-state index in [2.05, 4.69) is 5.32 Å². The Kier molecular flexibility index (Phi) is 11.7. The van der Waals surface area contributed by atoms with Gasteiger partial charge >= 0.3 is 19.3 Å². The molecule has 2 aromatic rings. The van der Waals surface area contributed by atoms with Crippen molar-refractivity contribution >= 4 is 47.8 Å². The fourth-order valence-electron chi connectivity index (χ4n) is 5.42. The summed E-state index contributed by atoms with van der Waals surface area (Å²) in [4.78, 5) is 67.0. The molecule has 1 aromatic heterocycles. The van der Waals surface area contributed by atoms with Gasteiger partial charge in [-0.05, 0) is 52.3 Å². The number of benzene rings is 1. The van der Waals surface area contributed by atoms with E-state index in [4.69, 9.17) is 13.5 Å². The Balaban J connectivity index is 1.65. The van der Waals surface area contributed by atoms with E-state index in [9.17, 15) is 28.5 Å². The number of urea groups is 1. The smallest absolute Gasteiger partial charge is 0.336 e. The third-order valence-corrected chi connectivity index (χ3v) is 10.1. The number of anilines is 1. The first kappa shape index (κ1) is 36.6.